The highest BCUT2D eigenvalue weighted by Crippen LogP contribution is 2.49. The standard InChI is InChI=1S/C30H39ClN2O9S/c1-7-8-14-43(37,38)30(16-25(32)35)28(36)33(17-29(3,4)18-41-19(2)34)23-13-12-20(31)15-22(23)26(42-30)21-10-9-11-24(39-5)27(21)40-6/h9-13,15,26H,7-8,14,16-18H2,1-6H3,(H2,32,35)/t26-,30-/m1/s1. The van der Waals surface area contributed by atoms with Gasteiger partial charge >= 0.3 is 5.97 Å². The quantitative estimate of drug-likeness (QED) is 0.318. The van der Waals surface area contributed by atoms with Crippen molar-refractivity contribution in [2.45, 2.75) is 58.0 Å². The van der Waals surface area contributed by atoms with Crippen LogP contribution >= 0.6 is 11.6 Å². The number of hydrogen-bond donors (Lipinski definition) is 1. The van der Waals surface area contributed by atoms with Crippen molar-refractivity contribution in [3.05, 3.63) is 52.5 Å². The number of nitrogens with zero attached hydrogens (tertiary/aromatic N) is 1. The van der Waals surface area contributed by atoms with Crippen molar-refractivity contribution >= 4 is 44.9 Å². The molecule has 1 heterocycles. The van der Waals surface area contributed by atoms with Gasteiger partial charge in [0.1, 0.15) is 6.10 Å². The predicted octanol–water partition coefficient (Wildman–Crippen LogP) is 4.19. The zero-order valence-corrected chi connectivity index (χ0v) is 26.8. The Kier molecular flexibility index (Phi) is 10.7. The fraction of sp³-hybridized carbons (Fsp3) is 0.500. The van der Waals surface area contributed by atoms with E-state index in [0.29, 0.717) is 23.3 Å². The molecule has 2 N–H and O–H groups in total. The summed E-state index contributed by atoms with van der Waals surface area (Å²) in [5.41, 5.74) is 5.74. The van der Waals surface area contributed by atoms with E-state index in [1.165, 1.54) is 26.0 Å². The van der Waals surface area contributed by atoms with Gasteiger partial charge in [0.2, 0.25) is 5.91 Å². The van der Waals surface area contributed by atoms with E-state index in [-0.39, 0.29) is 36.0 Å². The highest BCUT2D eigenvalue weighted by molar-refractivity contribution is 7.93. The number of hydrogen-bond acceptors (Lipinski definition) is 9. The largest absolute Gasteiger partial charge is 0.493 e. The Bertz CT molecular complexity index is 1480. The summed E-state index contributed by atoms with van der Waals surface area (Å²) in [4.78, 5) is 37.5. The van der Waals surface area contributed by atoms with Crippen molar-refractivity contribution in [1.29, 1.82) is 0 Å². The van der Waals surface area contributed by atoms with Gasteiger partial charge in [-0.3, -0.25) is 14.4 Å². The average Bonchev–Trinajstić information content (AvgIpc) is 3.03. The van der Waals surface area contributed by atoms with Gasteiger partial charge in [-0.2, -0.15) is 0 Å². The molecule has 43 heavy (non-hydrogen) atoms. The average molecular weight is 639 g/mol. The van der Waals surface area contributed by atoms with Gasteiger partial charge in [-0.05, 0) is 30.7 Å². The molecule has 13 heteroatoms. The van der Waals surface area contributed by atoms with E-state index in [2.05, 4.69) is 0 Å². The van der Waals surface area contributed by atoms with Gasteiger partial charge in [0.25, 0.3) is 10.8 Å². The Morgan fingerprint density at radius 3 is 2.42 bits per heavy atom. The maximum atomic E-state index is 14.7. The highest BCUT2D eigenvalue weighted by atomic mass is 35.5. The molecule has 0 spiro atoms. The molecule has 0 radical (unpaired) electrons. The van der Waals surface area contributed by atoms with E-state index < -0.39 is 56.2 Å². The molecule has 2 aromatic rings. The molecule has 0 bridgehead atoms. The van der Waals surface area contributed by atoms with Gasteiger partial charge in [-0.1, -0.05) is 50.9 Å². The van der Waals surface area contributed by atoms with Crippen molar-refractivity contribution in [2.75, 3.05) is 38.0 Å². The number of halogens is 1. The second kappa shape index (κ2) is 13.5. The summed E-state index contributed by atoms with van der Waals surface area (Å²) in [5.74, 6) is -2.43. The van der Waals surface area contributed by atoms with E-state index >= 15 is 0 Å². The first-order chi connectivity index (χ1) is 20.1. The normalized spacial score (nSPS) is 18.9. The zero-order chi connectivity index (χ0) is 32.2. The summed E-state index contributed by atoms with van der Waals surface area (Å²) in [6.07, 6.45) is -1.51. The molecule has 0 aliphatic carbocycles. The molecule has 0 unspecified atom stereocenters. The Balaban J connectivity index is 2.44. The molecule has 0 saturated heterocycles. The lowest BCUT2D eigenvalue weighted by Crippen LogP contribution is -2.59. The molecule has 0 aromatic heterocycles. The molecule has 11 nitrogen and oxygen atoms in total. The van der Waals surface area contributed by atoms with Crippen molar-refractivity contribution in [1.82, 2.24) is 0 Å². The topological polar surface area (TPSA) is 152 Å². The van der Waals surface area contributed by atoms with Gasteiger partial charge in [0, 0.05) is 35.0 Å². The fourth-order valence-corrected chi connectivity index (χ4v) is 7.20. The number of nitrogens with two attached hydrogens (primary N) is 1. The minimum atomic E-state index is -4.50. The number of carbonyl (C=O) groups is 3. The molecule has 2 atom stereocenters. The van der Waals surface area contributed by atoms with E-state index in [9.17, 15) is 22.8 Å². The van der Waals surface area contributed by atoms with Crippen molar-refractivity contribution in [3.8, 4) is 11.5 Å². The minimum Gasteiger partial charge on any atom is -0.493 e. The summed E-state index contributed by atoms with van der Waals surface area (Å²) in [6, 6.07) is 9.68. The fourth-order valence-electron chi connectivity index (χ4n) is 5.04. The third kappa shape index (κ3) is 7.25. The molecule has 1 aliphatic rings. The Morgan fingerprint density at radius 2 is 1.84 bits per heavy atom. The van der Waals surface area contributed by atoms with Crippen LogP contribution in [-0.4, -0.2) is 64.3 Å². The van der Waals surface area contributed by atoms with Crippen molar-refractivity contribution in [3.63, 3.8) is 0 Å². The van der Waals surface area contributed by atoms with Crippen molar-refractivity contribution < 1.29 is 41.7 Å². The summed E-state index contributed by atoms with van der Waals surface area (Å²) >= 11 is 6.47. The monoisotopic (exact) mass is 638 g/mol. The Hall–Kier alpha value is -3.35. The summed E-state index contributed by atoms with van der Waals surface area (Å²) < 4.78 is 51.3. The SMILES string of the molecule is CCCCS(=O)(=O)[C@@]1(CC(N)=O)O[C@H](c2cccc(OC)c2OC)c2cc(Cl)ccc2N(CC(C)(C)COC(C)=O)C1=O. The first-order valence-electron chi connectivity index (χ1n) is 13.8. The van der Waals surface area contributed by atoms with Crippen LogP contribution in [0, 0.1) is 5.41 Å². The molecule has 236 valence electrons. The van der Waals surface area contributed by atoms with Crippen LogP contribution in [0.5, 0.6) is 11.5 Å². The van der Waals surface area contributed by atoms with Crippen LogP contribution in [0.3, 0.4) is 0 Å². The number of carbonyl (C=O) groups excluding carboxylic acids is 3. The Labute approximate surface area is 257 Å². The molecule has 1 aliphatic heterocycles. The van der Waals surface area contributed by atoms with Crippen LogP contribution in [-0.2, 0) is 33.7 Å². The van der Waals surface area contributed by atoms with Gasteiger partial charge < -0.3 is 29.6 Å². The molecule has 0 saturated carbocycles. The highest BCUT2D eigenvalue weighted by Gasteiger charge is 2.59. The molecule has 2 amide bonds. The van der Waals surface area contributed by atoms with E-state index in [4.69, 9.17) is 36.3 Å². The van der Waals surface area contributed by atoms with Gasteiger partial charge in [-0.15, -0.1) is 0 Å². The van der Waals surface area contributed by atoms with Crippen LogP contribution in [0.2, 0.25) is 5.02 Å². The van der Waals surface area contributed by atoms with Crippen LogP contribution in [0.4, 0.5) is 5.69 Å². The second-order valence-corrected chi connectivity index (χ2v) is 13.9. The smallest absolute Gasteiger partial charge is 0.302 e. The number of methoxy groups -OCH3 is 2. The minimum absolute atomic E-state index is 0.0750. The lowest BCUT2D eigenvalue weighted by atomic mass is 9.92. The van der Waals surface area contributed by atoms with Crippen LogP contribution in [0.25, 0.3) is 0 Å². The van der Waals surface area contributed by atoms with Gasteiger partial charge in [0.05, 0.1) is 38.7 Å². The number of sulfone groups is 1. The number of anilines is 1. The van der Waals surface area contributed by atoms with Crippen LogP contribution in [0.15, 0.2) is 36.4 Å². The summed E-state index contributed by atoms with van der Waals surface area (Å²) in [7, 11) is -1.63. The molecule has 2 aromatic carbocycles. The number of unbranched alkanes of at least 4 members (excludes halogenated alkanes) is 1. The number of ether oxygens (including phenoxy) is 4. The lowest BCUT2D eigenvalue weighted by Gasteiger charge is -2.37. The number of rotatable bonds is 13. The van der Waals surface area contributed by atoms with E-state index in [1.807, 2.05) is 0 Å². The second-order valence-electron chi connectivity index (χ2n) is 11.2. The third-order valence-electron chi connectivity index (χ3n) is 7.09. The van der Waals surface area contributed by atoms with Crippen molar-refractivity contribution in [2.24, 2.45) is 11.1 Å². The number of benzene rings is 2. The number of para-hydroxylation sites is 1. The predicted molar refractivity (Wildman–Crippen MR) is 162 cm³/mol. The number of amides is 2. The maximum absolute atomic E-state index is 14.7. The molecule has 0 fully saturated rings. The summed E-state index contributed by atoms with van der Waals surface area (Å²) in [6.45, 7) is 6.40. The van der Waals surface area contributed by atoms with Gasteiger partial charge in [-0.25, -0.2) is 8.42 Å². The van der Waals surface area contributed by atoms with Crippen LogP contribution < -0.4 is 20.1 Å². The zero-order valence-electron chi connectivity index (χ0n) is 25.3. The summed E-state index contributed by atoms with van der Waals surface area (Å²) in [5, 5.41) is 0.289. The number of esters is 1. The first kappa shape index (κ1) is 34.1. The molecular formula is C30H39ClN2O9S. The van der Waals surface area contributed by atoms with Gasteiger partial charge in [0.15, 0.2) is 21.3 Å². The lowest BCUT2D eigenvalue weighted by molar-refractivity contribution is -0.144. The number of fused-ring (bicyclic) bond motifs is 1. The van der Waals surface area contributed by atoms with E-state index in [0.717, 1.165) is 0 Å². The van der Waals surface area contributed by atoms with E-state index in [1.54, 1.807) is 57.2 Å². The van der Waals surface area contributed by atoms with Crippen LogP contribution in [0.1, 0.15) is 64.2 Å². The first-order valence-corrected chi connectivity index (χ1v) is 15.8. The number of primary amides is 1. The third-order valence-corrected chi connectivity index (χ3v) is 9.57. The Morgan fingerprint density at radius 1 is 1.14 bits per heavy atom. The maximum Gasteiger partial charge on any atom is 0.302 e. The molecule has 3 rings (SSSR count). The molecular weight excluding hydrogens is 600 g/mol.